The van der Waals surface area contributed by atoms with Crippen molar-refractivity contribution in [3.05, 3.63) is 46.2 Å². The molecule has 2 heterocycles. The standard InChI is InChI=1S/C23H31N3O3S/c1-4-7-22(27)24-18-10-11-20(25(2)3)17(14-18)15-26(16-19-8-5-12-29-19)23(28)21-9-6-13-30-21/h6,9-11,13-14,19H,4-5,7-8,12,15-16H2,1-3H3,(H,24,27)/t19-/m0/s1. The van der Waals surface area contributed by atoms with E-state index in [-0.39, 0.29) is 17.9 Å². The number of amides is 2. The summed E-state index contributed by atoms with van der Waals surface area (Å²) in [5.74, 6) is 0.0255. The minimum Gasteiger partial charge on any atom is -0.377 e. The average molecular weight is 430 g/mol. The molecule has 1 aromatic heterocycles. The van der Waals surface area contributed by atoms with Crippen LogP contribution in [0.3, 0.4) is 0 Å². The number of hydrogen-bond donors (Lipinski definition) is 1. The van der Waals surface area contributed by atoms with Crippen LogP contribution in [0.1, 0.15) is 47.8 Å². The van der Waals surface area contributed by atoms with Crippen LogP contribution >= 0.6 is 11.3 Å². The maximum Gasteiger partial charge on any atom is 0.264 e. The molecule has 0 aliphatic carbocycles. The first-order valence-corrected chi connectivity index (χ1v) is 11.4. The summed E-state index contributed by atoms with van der Waals surface area (Å²) in [7, 11) is 3.97. The first-order valence-electron chi connectivity index (χ1n) is 10.5. The van der Waals surface area contributed by atoms with Crippen molar-refractivity contribution in [1.82, 2.24) is 4.90 Å². The maximum atomic E-state index is 13.2. The molecule has 0 unspecified atom stereocenters. The molecule has 1 atom stereocenters. The lowest BCUT2D eigenvalue weighted by molar-refractivity contribution is -0.116. The van der Waals surface area contributed by atoms with Crippen molar-refractivity contribution < 1.29 is 14.3 Å². The summed E-state index contributed by atoms with van der Waals surface area (Å²) in [6.45, 7) is 3.77. The molecule has 30 heavy (non-hydrogen) atoms. The second-order valence-electron chi connectivity index (χ2n) is 7.83. The van der Waals surface area contributed by atoms with Crippen LogP contribution in [0, 0.1) is 0 Å². The quantitative estimate of drug-likeness (QED) is 0.643. The average Bonchev–Trinajstić information content (AvgIpc) is 3.41. The van der Waals surface area contributed by atoms with E-state index >= 15 is 0 Å². The molecule has 0 spiro atoms. The zero-order chi connectivity index (χ0) is 21.5. The predicted octanol–water partition coefficient (Wildman–Crippen LogP) is 4.37. The Balaban J connectivity index is 1.86. The van der Waals surface area contributed by atoms with Crippen molar-refractivity contribution >= 4 is 34.5 Å². The topological polar surface area (TPSA) is 61.9 Å². The molecule has 2 aromatic rings. The third-order valence-electron chi connectivity index (χ3n) is 5.15. The molecular weight excluding hydrogens is 398 g/mol. The number of carbonyl (C=O) groups is 2. The van der Waals surface area contributed by atoms with Crippen LogP contribution < -0.4 is 10.2 Å². The van der Waals surface area contributed by atoms with E-state index in [1.807, 2.05) is 66.5 Å². The minimum absolute atomic E-state index is 0.00641. The lowest BCUT2D eigenvalue weighted by atomic mass is 10.1. The third kappa shape index (κ3) is 5.83. The highest BCUT2D eigenvalue weighted by Gasteiger charge is 2.25. The zero-order valence-corrected chi connectivity index (χ0v) is 18.8. The molecule has 1 aromatic carbocycles. The third-order valence-corrected chi connectivity index (χ3v) is 6.01. The summed E-state index contributed by atoms with van der Waals surface area (Å²) in [6.07, 6.45) is 3.38. The largest absolute Gasteiger partial charge is 0.377 e. The van der Waals surface area contributed by atoms with E-state index in [0.29, 0.717) is 19.5 Å². The fourth-order valence-electron chi connectivity index (χ4n) is 3.69. The van der Waals surface area contributed by atoms with Gasteiger partial charge in [-0.25, -0.2) is 0 Å². The van der Waals surface area contributed by atoms with Gasteiger partial charge in [0.05, 0.1) is 11.0 Å². The van der Waals surface area contributed by atoms with Gasteiger partial charge in [0.15, 0.2) is 0 Å². The molecule has 6 nitrogen and oxygen atoms in total. The van der Waals surface area contributed by atoms with Crippen LogP contribution in [-0.4, -0.2) is 50.1 Å². The van der Waals surface area contributed by atoms with Gasteiger partial charge >= 0.3 is 0 Å². The highest BCUT2D eigenvalue weighted by Crippen LogP contribution is 2.27. The molecule has 0 bridgehead atoms. The molecule has 1 aliphatic rings. The fraction of sp³-hybridized carbons (Fsp3) is 0.478. The van der Waals surface area contributed by atoms with Gasteiger partial charge in [-0.15, -0.1) is 11.3 Å². The number of thiophene rings is 1. The van der Waals surface area contributed by atoms with Crippen molar-refractivity contribution in [2.75, 3.05) is 37.5 Å². The van der Waals surface area contributed by atoms with Crippen LogP contribution in [0.15, 0.2) is 35.7 Å². The summed E-state index contributed by atoms with van der Waals surface area (Å²) >= 11 is 1.46. The van der Waals surface area contributed by atoms with Crippen LogP contribution in [0.25, 0.3) is 0 Å². The lowest BCUT2D eigenvalue weighted by Crippen LogP contribution is -2.37. The van der Waals surface area contributed by atoms with Gasteiger partial charge in [0.25, 0.3) is 5.91 Å². The normalized spacial score (nSPS) is 15.8. The Hall–Kier alpha value is -2.38. The second kappa shape index (κ2) is 10.6. The highest BCUT2D eigenvalue weighted by atomic mass is 32.1. The smallest absolute Gasteiger partial charge is 0.264 e. The van der Waals surface area contributed by atoms with E-state index in [0.717, 1.165) is 47.7 Å². The van der Waals surface area contributed by atoms with Crippen molar-refractivity contribution in [3.8, 4) is 0 Å². The summed E-state index contributed by atoms with van der Waals surface area (Å²) in [5, 5.41) is 4.89. The molecule has 2 amide bonds. The predicted molar refractivity (Wildman–Crippen MR) is 122 cm³/mol. The maximum absolute atomic E-state index is 13.2. The lowest BCUT2D eigenvalue weighted by Gasteiger charge is -2.28. The fourth-order valence-corrected chi connectivity index (χ4v) is 4.38. The van der Waals surface area contributed by atoms with Crippen molar-refractivity contribution in [2.24, 2.45) is 0 Å². The molecule has 3 rings (SSSR count). The first-order chi connectivity index (χ1) is 14.5. The van der Waals surface area contributed by atoms with Crippen LogP contribution in [0.2, 0.25) is 0 Å². The molecule has 1 saturated heterocycles. The molecule has 0 radical (unpaired) electrons. The SMILES string of the molecule is CCCC(=O)Nc1ccc(N(C)C)c(CN(C[C@@H]2CCCO2)C(=O)c2cccs2)c1. The van der Waals surface area contributed by atoms with E-state index in [4.69, 9.17) is 4.74 Å². The minimum atomic E-state index is 0.00641. The van der Waals surface area contributed by atoms with Crippen molar-refractivity contribution in [3.63, 3.8) is 0 Å². The Kier molecular flexibility index (Phi) is 7.87. The Bertz CT molecular complexity index is 845. The Labute approximate surface area is 182 Å². The monoisotopic (exact) mass is 429 g/mol. The summed E-state index contributed by atoms with van der Waals surface area (Å²) in [6, 6.07) is 9.66. The van der Waals surface area contributed by atoms with Gasteiger partial charge < -0.3 is 19.9 Å². The van der Waals surface area contributed by atoms with E-state index in [9.17, 15) is 9.59 Å². The number of rotatable bonds is 9. The first kappa shape index (κ1) is 22.3. The van der Waals surface area contributed by atoms with E-state index in [2.05, 4.69) is 5.32 Å². The molecule has 162 valence electrons. The van der Waals surface area contributed by atoms with Gasteiger partial charge in [-0.3, -0.25) is 9.59 Å². The molecule has 1 N–H and O–H groups in total. The second-order valence-corrected chi connectivity index (χ2v) is 8.78. The van der Waals surface area contributed by atoms with E-state index in [1.54, 1.807) is 0 Å². The van der Waals surface area contributed by atoms with E-state index in [1.165, 1.54) is 11.3 Å². The number of hydrogen-bond acceptors (Lipinski definition) is 5. The molecular formula is C23H31N3O3S. The molecule has 1 fully saturated rings. The van der Waals surface area contributed by atoms with Crippen LogP contribution in [0.4, 0.5) is 11.4 Å². The van der Waals surface area contributed by atoms with Gasteiger partial charge in [-0.1, -0.05) is 13.0 Å². The van der Waals surface area contributed by atoms with E-state index < -0.39 is 0 Å². The Morgan fingerprint density at radius 1 is 1.27 bits per heavy atom. The summed E-state index contributed by atoms with van der Waals surface area (Å²) in [5.41, 5.74) is 2.78. The van der Waals surface area contributed by atoms with Crippen molar-refractivity contribution in [2.45, 2.75) is 45.3 Å². The van der Waals surface area contributed by atoms with Gasteiger partial charge in [-0.2, -0.15) is 0 Å². The van der Waals surface area contributed by atoms with Gasteiger partial charge in [0.2, 0.25) is 5.91 Å². The van der Waals surface area contributed by atoms with Gasteiger partial charge in [0, 0.05) is 51.6 Å². The number of carbonyl (C=O) groups excluding carboxylic acids is 2. The highest BCUT2D eigenvalue weighted by molar-refractivity contribution is 7.12. The van der Waals surface area contributed by atoms with Gasteiger partial charge in [0.1, 0.15) is 0 Å². The molecule has 0 saturated carbocycles. The summed E-state index contributed by atoms with van der Waals surface area (Å²) in [4.78, 5) is 29.9. The Morgan fingerprint density at radius 3 is 2.73 bits per heavy atom. The van der Waals surface area contributed by atoms with Crippen LogP contribution in [-0.2, 0) is 16.1 Å². The molecule has 1 aliphatic heterocycles. The number of nitrogens with one attached hydrogen (secondary N) is 1. The van der Waals surface area contributed by atoms with Crippen molar-refractivity contribution in [1.29, 1.82) is 0 Å². The number of nitrogens with zero attached hydrogens (tertiary/aromatic N) is 2. The number of ether oxygens (including phenoxy) is 1. The zero-order valence-electron chi connectivity index (χ0n) is 18.0. The Morgan fingerprint density at radius 2 is 2.10 bits per heavy atom. The van der Waals surface area contributed by atoms with Gasteiger partial charge in [-0.05, 0) is 54.5 Å². The summed E-state index contributed by atoms with van der Waals surface area (Å²) < 4.78 is 5.81. The number of benzene rings is 1. The molecule has 7 heteroatoms. The number of anilines is 2. The van der Waals surface area contributed by atoms with Crippen LogP contribution in [0.5, 0.6) is 0 Å².